The Morgan fingerprint density at radius 1 is 0.923 bits per heavy atom. The molecule has 1 saturated carbocycles. The Morgan fingerprint density at radius 2 is 1.69 bits per heavy atom. The van der Waals surface area contributed by atoms with E-state index in [0.29, 0.717) is 6.04 Å². The third kappa shape index (κ3) is 2.90. The fourth-order valence-electron chi connectivity index (χ4n) is 4.02. The van der Waals surface area contributed by atoms with Crippen LogP contribution >= 0.6 is 11.8 Å². The van der Waals surface area contributed by atoms with Gasteiger partial charge in [-0.25, -0.2) is 9.97 Å². The van der Waals surface area contributed by atoms with Crippen LogP contribution in [-0.2, 0) is 5.75 Å². The van der Waals surface area contributed by atoms with Crippen LogP contribution in [0.5, 0.6) is 0 Å². The summed E-state index contributed by atoms with van der Waals surface area (Å²) in [6.07, 6.45) is 6.54. The highest BCUT2D eigenvalue weighted by Crippen LogP contribution is 2.36. The Bertz CT molecular complexity index is 1010. The van der Waals surface area contributed by atoms with Gasteiger partial charge in [0.25, 0.3) is 0 Å². The first kappa shape index (κ1) is 15.9. The maximum Gasteiger partial charge on any atom is 0.169 e. The topological polar surface area (TPSA) is 46.5 Å². The Labute approximate surface area is 157 Å². The van der Waals surface area contributed by atoms with Crippen LogP contribution in [0.1, 0.15) is 44.0 Å². The van der Waals surface area contributed by atoms with Crippen molar-refractivity contribution in [3.05, 3.63) is 54.4 Å². The number of benzene rings is 2. The summed E-state index contributed by atoms with van der Waals surface area (Å²) in [5.41, 5.74) is 4.50. The summed E-state index contributed by atoms with van der Waals surface area (Å²) in [4.78, 5) is 13.1. The van der Waals surface area contributed by atoms with Crippen molar-refractivity contribution < 1.29 is 0 Å². The van der Waals surface area contributed by atoms with Crippen LogP contribution in [0.2, 0.25) is 0 Å². The van der Waals surface area contributed by atoms with Gasteiger partial charge < -0.3 is 9.55 Å². The van der Waals surface area contributed by atoms with E-state index in [4.69, 9.17) is 9.97 Å². The number of para-hydroxylation sites is 4. The molecule has 1 aliphatic carbocycles. The number of thioether (sulfide) groups is 1. The van der Waals surface area contributed by atoms with Crippen LogP contribution in [0, 0.1) is 0 Å². The zero-order valence-electron chi connectivity index (χ0n) is 14.7. The summed E-state index contributed by atoms with van der Waals surface area (Å²) in [7, 11) is 0. The van der Waals surface area contributed by atoms with Crippen LogP contribution in [0.15, 0.2) is 53.7 Å². The molecule has 132 valence electrons. The van der Waals surface area contributed by atoms with Crippen LogP contribution in [0.3, 0.4) is 0 Å². The van der Waals surface area contributed by atoms with E-state index in [1.165, 1.54) is 37.6 Å². The molecule has 4 aromatic rings. The zero-order chi connectivity index (χ0) is 17.3. The summed E-state index contributed by atoms with van der Waals surface area (Å²) in [6.45, 7) is 0. The maximum absolute atomic E-state index is 4.94. The molecule has 0 bridgehead atoms. The average Bonchev–Trinajstić information content (AvgIpc) is 3.27. The largest absolute Gasteiger partial charge is 0.341 e. The molecule has 2 aromatic heterocycles. The summed E-state index contributed by atoms with van der Waals surface area (Å²) in [6, 6.07) is 17.3. The minimum atomic E-state index is 0.578. The molecule has 0 atom stereocenters. The van der Waals surface area contributed by atoms with Gasteiger partial charge in [0.2, 0.25) is 0 Å². The molecular weight excluding hydrogens is 340 g/mol. The van der Waals surface area contributed by atoms with Crippen molar-refractivity contribution in [2.24, 2.45) is 0 Å². The Kier molecular flexibility index (Phi) is 4.17. The fourth-order valence-corrected chi connectivity index (χ4v) is 4.98. The normalized spacial score (nSPS) is 15.8. The molecule has 0 unspecified atom stereocenters. The number of rotatable bonds is 4. The Hall–Kier alpha value is -2.27. The second kappa shape index (κ2) is 6.80. The highest BCUT2D eigenvalue weighted by Gasteiger charge is 2.21. The lowest BCUT2D eigenvalue weighted by Crippen LogP contribution is -2.13. The fraction of sp³-hybridized carbons (Fsp3) is 0.333. The van der Waals surface area contributed by atoms with Crippen LogP contribution in [0.25, 0.3) is 22.1 Å². The molecule has 26 heavy (non-hydrogen) atoms. The molecule has 5 heteroatoms. The molecule has 0 amide bonds. The van der Waals surface area contributed by atoms with Gasteiger partial charge in [-0.05, 0) is 37.1 Å². The predicted octanol–water partition coefficient (Wildman–Crippen LogP) is 5.71. The van der Waals surface area contributed by atoms with Crippen molar-refractivity contribution in [3.8, 4) is 0 Å². The number of aromatic nitrogens is 4. The van der Waals surface area contributed by atoms with Crippen molar-refractivity contribution in [2.45, 2.75) is 49.1 Å². The smallest absolute Gasteiger partial charge is 0.169 e. The van der Waals surface area contributed by atoms with Crippen LogP contribution in [0.4, 0.5) is 0 Å². The van der Waals surface area contributed by atoms with Gasteiger partial charge in [0.1, 0.15) is 5.82 Å². The van der Waals surface area contributed by atoms with Gasteiger partial charge in [-0.1, -0.05) is 55.3 Å². The lowest BCUT2D eigenvalue weighted by Gasteiger charge is -2.25. The van der Waals surface area contributed by atoms with Crippen molar-refractivity contribution in [2.75, 3.05) is 0 Å². The molecular formula is C21H22N4S. The molecule has 1 fully saturated rings. The Morgan fingerprint density at radius 3 is 2.54 bits per heavy atom. The second-order valence-corrected chi connectivity index (χ2v) is 7.98. The predicted molar refractivity (Wildman–Crippen MR) is 108 cm³/mol. The lowest BCUT2D eigenvalue weighted by atomic mass is 9.95. The second-order valence-electron chi connectivity index (χ2n) is 7.03. The third-order valence-electron chi connectivity index (χ3n) is 5.28. The SMILES string of the molecule is c1ccc2[nH]c(CSc3nc4ccccc4n3C3CCCCC3)nc2c1. The molecule has 1 N–H and O–H groups in total. The maximum atomic E-state index is 4.94. The molecule has 0 radical (unpaired) electrons. The van der Waals surface area contributed by atoms with Gasteiger partial charge >= 0.3 is 0 Å². The van der Waals surface area contributed by atoms with E-state index < -0.39 is 0 Å². The van der Waals surface area contributed by atoms with E-state index in [0.717, 1.165) is 33.3 Å². The molecule has 0 aliphatic heterocycles. The van der Waals surface area contributed by atoms with Gasteiger partial charge in [-0.2, -0.15) is 0 Å². The quantitative estimate of drug-likeness (QED) is 0.473. The number of hydrogen-bond donors (Lipinski definition) is 1. The van der Waals surface area contributed by atoms with E-state index in [1.807, 2.05) is 12.1 Å². The number of H-pyrrole nitrogens is 1. The van der Waals surface area contributed by atoms with Crippen molar-refractivity contribution in [1.29, 1.82) is 0 Å². The lowest BCUT2D eigenvalue weighted by molar-refractivity contribution is 0.343. The van der Waals surface area contributed by atoms with Crippen LogP contribution in [-0.4, -0.2) is 19.5 Å². The van der Waals surface area contributed by atoms with E-state index in [-0.39, 0.29) is 0 Å². The number of nitrogens with one attached hydrogen (secondary N) is 1. The van der Waals surface area contributed by atoms with E-state index in [1.54, 1.807) is 11.8 Å². The highest BCUT2D eigenvalue weighted by atomic mass is 32.2. The minimum absolute atomic E-state index is 0.578. The zero-order valence-corrected chi connectivity index (χ0v) is 15.5. The van der Waals surface area contributed by atoms with Crippen LogP contribution < -0.4 is 0 Å². The molecule has 2 heterocycles. The first-order chi connectivity index (χ1) is 12.9. The molecule has 0 spiro atoms. The van der Waals surface area contributed by atoms with Crippen molar-refractivity contribution in [3.63, 3.8) is 0 Å². The summed E-state index contributed by atoms with van der Waals surface area (Å²) in [5.74, 6) is 1.82. The molecule has 4 nitrogen and oxygen atoms in total. The average molecular weight is 363 g/mol. The van der Waals surface area contributed by atoms with Crippen molar-refractivity contribution >= 4 is 33.8 Å². The number of hydrogen-bond acceptors (Lipinski definition) is 3. The monoisotopic (exact) mass is 362 g/mol. The van der Waals surface area contributed by atoms with E-state index >= 15 is 0 Å². The molecule has 0 saturated heterocycles. The number of nitrogens with zero attached hydrogens (tertiary/aromatic N) is 3. The summed E-state index contributed by atoms with van der Waals surface area (Å²) < 4.78 is 2.49. The first-order valence-corrected chi connectivity index (χ1v) is 10.4. The van der Waals surface area contributed by atoms with E-state index in [2.05, 4.69) is 45.9 Å². The summed E-state index contributed by atoms with van der Waals surface area (Å²) >= 11 is 1.79. The minimum Gasteiger partial charge on any atom is -0.341 e. The highest BCUT2D eigenvalue weighted by molar-refractivity contribution is 7.98. The van der Waals surface area contributed by atoms with Gasteiger partial charge in [-0.3, -0.25) is 0 Å². The number of fused-ring (bicyclic) bond motifs is 2. The van der Waals surface area contributed by atoms with Gasteiger partial charge in [0.15, 0.2) is 5.16 Å². The third-order valence-corrected chi connectivity index (χ3v) is 6.24. The van der Waals surface area contributed by atoms with Crippen molar-refractivity contribution in [1.82, 2.24) is 19.5 Å². The number of imidazole rings is 2. The van der Waals surface area contributed by atoms with Gasteiger partial charge in [0.05, 0.1) is 27.8 Å². The Balaban J connectivity index is 1.47. The number of aromatic amines is 1. The molecule has 2 aromatic carbocycles. The summed E-state index contributed by atoms with van der Waals surface area (Å²) in [5, 5.41) is 1.12. The molecule has 1 aliphatic rings. The van der Waals surface area contributed by atoms with Gasteiger partial charge in [-0.15, -0.1) is 0 Å². The van der Waals surface area contributed by atoms with E-state index in [9.17, 15) is 0 Å². The first-order valence-electron chi connectivity index (χ1n) is 9.42. The standard InChI is InChI=1S/C21H22N4S/c1-2-8-15(9-3-1)25-19-13-7-6-12-18(19)24-21(25)26-14-20-22-16-10-4-5-11-17(16)23-20/h4-7,10-13,15H,1-3,8-9,14H2,(H,22,23). The molecule has 5 rings (SSSR count). The van der Waals surface area contributed by atoms with Gasteiger partial charge in [0, 0.05) is 6.04 Å².